The average Bonchev–Trinajstić information content (AvgIpc) is 3.09. The predicted molar refractivity (Wildman–Crippen MR) is 83.5 cm³/mol. The first-order chi connectivity index (χ1) is 11.1. The van der Waals surface area contributed by atoms with Gasteiger partial charge < -0.3 is 10.6 Å². The minimum Gasteiger partial charge on any atom is -0.367 e. The molecule has 0 unspecified atom stereocenters. The number of imide groups is 1. The number of nitrogens with zero attached hydrogens (tertiary/aromatic N) is 4. The summed E-state index contributed by atoms with van der Waals surface area (Å²) in [5.74, 6) is 0.502. The number of carbonyl (C=O) groups excluding carboxylic acids is 2. The van der Waals surface area contributed by atoms with E-state index in [1.807, 2.05) is 6.19 Å². The van der Waals surface area contributed by atoms with Gasteiger partial charge in [0.15, 0.2) is 6.19 Å². The summed E-state index contributed by atoms with van der Waals surface area (Å²) in [7, 11) is 1.47. The molecule has 2 fully saturated rings. The maximum atomic E-state index is 11.9. The number of nitriles is 1. The van der Waals surface area contributed by atoms with E-state index >= 15 is 0 Å². The molecular formula is C15H18N6O2. The third-order valence-corrected chi connectivity index (χ3v) is 4.30. The van der Waals surface area contributed by atoms with Crippen LogP contribution < -0.4 is 15.5 Å². The van der Waals surface area contributed by atoms with Crippen LogP contribution in [0, 0.1) is 11.5 Å². The first kappa shape index (κ1) is 15.1. The Labute approximate surface area is 134 Å². The van der Waals surface area contributed by atoms with Gasteiger partial charge in [-0.2, -0.15) is 5.26 Å². The lowest BCUT2D eigenvalue weighted by Gasteiger charge is -2.16. The molecule has 0 radical (unpaired) electrons. The van der Waals surface area contributed by atoms with Crippen LogP contribution in [0.1, 0.15) is 19.3 Å². The highest BCUT2D eigenvalue weighted by molar-refractivity contribution is 6.11. The van der Waals surface area contributed by atoms with Gasteiger partial charge in [0.25, 0.3) is 0 Å². The predicted octanol–water partition coefficient (Wildman–Crippen LogP) is 0.884. The standard InChI is InChI=1S/C15H18N6O2/c1-20-14(22)8-21(15(20)23)12-4-5-13(17-7-12)19-11-3-2-10(6-11)18-9-16/h4-5,7,10-11,18H,2-3,6,8H2,1H3,(H,17,19)/t10-,11-/m0/s1. The lowest BCUT2D eigenvalue weighted by atomic mass is 10.2. The lowest BCUT2D eigenvalue weighted by molar-refractivity contribution is -0.123. The van der Waals surface area contributed by atoms with Gasteiger partial charge in [-0.3, -0.25) is 14.6 Å². The van der Waals surface area contributed by atoms with E-state index in [2.05, 4.69) is 15.6 Å². The second-order valence-corrected chi connectivity index (χ2v) is 5.83. The molecule has 120 valence electrons. The van der Waals surface area contributed by atoms with Crippen LogP contribution in [0.4, 0.5) is 16.3 Å². The van der Waals surface area contributed by atoms with Gasteiger partial charge in [0, 0.05) is 19.1 Å². The molecule has 0 aromatic carbocycles. The largest absolute Gasteiger partial charge is 0.367 e. The van der Waals surface area contributed by atoms with Crippen LogP contribution in [-0.4, -0.2) is 47.5 Å². The molecule has 8 heteroatoms. The fourth-order valence-electron chi connectivity index (χ4n) is 2.97. The topological polar surface area (TPSA) is 101 Å². The summed E-state index contributed by atoms with van der Waals surface area (Å²) >= 11 is 0. The number of urea groups is 1. The highest BCUT2D eigenvalue weighted by atomic mass is 16.2. The number of hydrogen-bond acceptors (Lipinski definition) is 6. The number of likely N-dealkylation sites (N-methyl/N-ethyl adjacent to an activating group) is 1. The van der Waals surface area contributed by atoms with Gasteiger partial charge >= 0.3 is 6.03 Å². The number of aromatic nitrogens is 1. The van der Waals surface area contributed by atoms with Gasteiger partial charge in [-0.15, -0.1) is 0 Å². The number of nitrogens with one attached hydrogen (secondary N) is 2. The summed E-state index contributed by atoms with van der Waals surface area (Å²) in [6, 6.07) is 3.75. The molecule has 8 nitrogen and oxygen atoms in total. The summed E-state index contributed by atoms with van der Waals surface area (Å²) in [6.45, 7) is 0.0495. The van der Waals surface area contributed by atoms with Crippen LogP contribution in [0.3, 0.4) is 0 Å². The summed E-state index contributed by atoms with van der Waals surface area (Å²) in [5, 5.41) is 14.8. The van der Waals surface area contributed by atoms with Gasteiger partial charge in [0.2, 0.25) is 5.91 Å². The molecule has 3 amide bonds. The number of hydrogen-bond donors (Lipinski definition) is 2. The molecule has 1 saturated carbocycles. The summed E-state index contributed by atoms with van der Waals surface area (Å²) in [4.78, 5) is 30.3. The van der Waals surface area contributed by atoms with E-state index in [0.29, 0.717) is 5.69 Å². The number of amides is 3. The fourth-order valence-corrected chi connectivity index (χ4v) is 2.97. The second-order valence-electron chi connectivity index (χ2n) is 5.83. The molecule has 1 aromatic rings. The Morgan fingerprint density at radius 1 is 1.30 bits per heavy atom. The molecule has 0 spiro atoms. The molecule has 2 N–H and O–H groups in total. The molecule has 2 heterocycles. The Bertz CT molecular complexity index is 653. The second kappa shape index (κ2) is 6.12. The van der Waals surface area contributed by atoms with E-state index in [-0.39, 0.29) is 30.6 Å². The number of rotatable bonds is 4. The van der Waals surface area contributed by atoms with Crippen molar-refractivity contribution in [3.8, 4) is 6.19 Å². The summed E-state index contributed by atoms with van der Waals surface area (Å²) in [5.41, 5.74) is 0.605. The van der Waals surface area contributed by atoms with Crippen molar-refractivity contribution in [1.29, 1.82) is 5.26 Å². The van der Waals surface area contributed by atoms with Crippen molar-refractivity contribution >= 4 is 23.4 Å². The normalized spacial score (nSPS) is 24.0. The van der Waals surface area contributed by atoms with Crippen LogP contribution in [-0.2, 0) is 4.79 Å². The van der Waals surface area contributed by atoms with E-state index in [9.17, 15) is 9.59 Å². The van der Waals surface area contributed by atoms with Crippen molar-refractivity contribution in [3.05, 3.63) is 18.3 Å². The molecule has 23 heavy (non-hydrogen) atoms. The van der Waals surface area contributed by atoms with Gasteiger partial charge in [-0.05, 0) is 31.4 Å². The summed E-state index contributed by atoms with van der Waals surface area (Å²) < 4.78 is 0. The number of anilines is 2. The van der Waals surface area contributed by atoms with E-state index in [4.69, 9.17) is 5.26 Å². The Morgan fingerprint density at radius 3 is 2.70 bits per heavy atom. The van der Waals surface area contributed by atoms with Crippen LogP contribution in [0.5, 0.6) is 0 Å². The zero-order chi connectivity index (χ0) is 16.4. The first-order valence-electron chi connectivity index (χ1n) is 7.53. The molecule has 0 bridgehead atoms. The molecule has 2 atom stereocenters. The van der Waals surface area contributed by atoms with Crippen molar-refractivity contribution in [2.24, 2.45) is 0 Å². The molecule has 1 saturated heterocycles. The monoisotopic (exact) mass is 314 g/mol. The van der Waals surface area contributed by atoms with E-state index in [1.165, 1.54) is 11.9 Å². The van der Waals surface area contributed by atoms with Crippen molar-refractivity contribution in [1.82, 2.24) is 15.2 Å². The van der Waals surface area contributed by atoms with Gasteiger partial charge in [-0.25, -0.2) is 9.78 Å². The number of pyridine rings is 1. The van der Waals surface area contributed by atoms with Gasteiger partial charge in [0.1, 0.15) is 12.4 Å². The molecule has 3 rings (SSSR count). The first-order valence-corrected chi connectivity index (χ1v) is 7.53. The smallest absolute Gasteiger partial charge is 0.331 e. The highest BCUT2D eigenvalue weighted by Crippen LogP contribution is 2.24. The van der Waals surface area contributed by atoms with Crippen LogP contribution in [0.25, 0.3) is 0 Å². The minimum absolute atomic E-state index is 0.0495. The Balaban J connectivity index is 1.61. The quantitative estimate of drug-likeness (QED) is 0.486. The summed E-state index contributed by atoms with van der Waals surface area (Å²) in [6.07, 6.45) is 6.38. The highest BCUT2D eigenvalue weighted by Gasteiger charge is 2.34. The lowest BCUT2D eigenvalue weighted by Crippen LogP contribution is -2.29. The van der Waals surface area contributed by atoms with Crippen LogP contribution in [0.15, 0.2) is 18.3 Å². The van der Waals surface area contributed by atoms with Crippen LogP contribution in [0.2, 0.25) is 0 Å². The SMILES string of the molecule is CN1C(=O)CN(c2ccc(N[C@H]3CC[C@H](NC#N)C3)nc2)C1=O. The van der Waals surface area contributed by atoms with E-state index in [0.717, 1.165) is 30.0 Å². The van der Waals surface area contributed by atoms with Crippen molar-refractivity contribution in [2.45, 2.75) is 31.3 Å². The van der Waals surface area contributed by atoms with E-state index in [1.54, 1.807) is 18.3 Å². The fraction of sp³-hybridized carbons (Fsp3) is 0.467. The maximum absolute atomic E-state index is 11.9. The Morgan fingerprint density at radius 2 is 2.09 bits per heavy atom. The van der Waals surface area contributed by atoms with Crippen molar-refractivity contribution < 1.29 is 9.59 Å². The van der Waals surface area contributed by atoms with Crippen LogP contribution >= 0.6 is 0 Å². The molecule has 1 aliphatic carbocycles. The molecular weight excluding hydrogens is 296 g/mol. The molecule has 1 aromatic heterocycles. The van der Waals surface area contributed by atoms with E-state index < -0.39 is 0 Å². The molecule has 2 aliphatic rings. The zero-order valence-electron chi connectivity index (χ0n) is 12.8. The van der Waals surface area contributed by atoms with Gasteiger partial charge in [-0.1, -0.05) is 0 Å². The maximum Gasteiger partial charge on any atom is 0.331 e. The third-order valence-electron chi connectivity index (χ3n) is 4.30. The zero-order valence-corrected chi connectivity index (χ0v) is 12.8. The Hall–Kier alpha value is -2.82. The average molecular weight is 314 g/mol. The molecule has 1 aliphatic heterocycles. The minimum atomic E-state index is -0.335. The Kier molecular flexibility index (Phi) is 4.02. The van der Waals surface area contributed by atoms with Gasteiger partial charge in [0.05, 0.1) is 11.9 Å². The number of carbonyl (C=O) groups is 2. The van der Waals surface area contributed by atoms with Crippen molar-refractivity contribution in [3.63, 3.8) is 0 Å². The third kappa shape index (κ3) is 3.04. The van der Waals surface area contributed by atoms with Crippen molar-refractivity contribution in [2.75, 3.05) is 23.8 Å².